The third-order valence-corrected chi connectivity index (χ3v) is 5.26. The Morgan fingerprint density at radius 2 is 1.49 bits per heavy atom. The van der Waals surface area contributed by atoms with Crippen LogP contribution in [0, 0.1) is 13.8 Å². The molecule has 1 saturated heterocycles. The standard InChI is InChI=1S/C14H15N3O.C12H16O.2CH2O/c1-11-4-6-13(7-5-11)17-14(18)16-10-12-3-2-8-15-9-12;1-10-2-4-11(5-3-10)12-6-8-13-9-7-12;2*1-2/h2-9H,10H2,1H3,(H2,16,17,18);2-5,12H,6-9H2,1H3;2*1H2. The summed E-state index contributed by atoms with van der Waals surface area (Å²) in [5.41, 5.74) is 5.74. The molecule has 1 aliphatic rings. The molecule has 0 atom stereocenters. The minimum Gasteiger partial charge on any atom is -0.381 e. The van der Waals surface area contributed by atoms with Gasteiger partial charge in [-0.25, -0.2) is 4.79 Å². The van der Waals surface area contributed by atoms with Gasteiger partial charge in [-0.05, 0) is 61.9 Å². The number of carbonyl (C=O) groups excluding carboxylic acids is 3. The number of pyridine rings is 1. The molecule has 0 spiro atoms. The number of aromatic nitrogens is 1. The smallest absolute Gasteiger partial charge is 0.319 e. The van der Waals surface area contributed by atoms with Crippen molar-refractivity contribution >= 4 is 25.3 Å². The van der Waals surface area contributed by atoms with Crippen molar-refractivity contribution in [3.63, 3.8) is 0 Å². The Hall–Kier alpha value is -3.84. The molecule has 1 fully saturated rings. The van der Waals surface area contributed by atoms with Crippen LogP contribution in [0.3, 0.4) is 0 Å². The molecule has 2 aromatic carbocycles. The Kier molecular flexibility index (Phi) is 14.7. The molecule has 4 rings (SSSR count). The van der Waals surface area contributed by atoms with Crippen molar-refractivity contribution in [1.29, 1.82) is 0 Å². The molecule has 1 aliphatic heterocycles. The highest BCUT2D eigenvalue weighted by atomic mass is 16.5. The van der Waals surface area contributed by atoms with Gasteiger partial charge in [0.1, 0.15) is 13.6 Å². The molecule has 0 radical (unpaired) electrons. The van der Waals surface area contributed by atoms with Crippen molar-refractivity contribution in [3.8, 4) is 0 Å². The van der Waals surface area contributed by atoms with E-state index in [-0.39, 0.29) is 6.03 Å². The molecule has 186 valence electrons. The number of urea groups is 1. The van der Waals surface area contributed by atoms with E-state index >= 15 is 0 Å². The van der Waals surface area contributed by atoms with Gasteiger partial charge in [-0.2, -0.15) is 0 Å². The SMILES string of the molecule is C=O.C=O.Cc1ccc(C2CCOCC2)cc1.Cc1ccc(NC(=O)NCc2cccnc2)cc1. The van der Waals surface area contributed by atoms with Gasteiger partial charge in [-0.15, -0.1) is 0 Å². The number of nitrogens with one attached hydrogen (secondary N) is 2. The number of nitrogens with zero attached hydrogens (tertiary/aromatic N) is 1. The second-order valence-corrected chi connectivity index (χ2v) is 7.83. The Bertz CT molecular complexity index is 956. The zero-order chi connectivity index (χ0) is 25.9. The lowest BCUT2D eigenvalue weighted by molar-refractivity contribution is -0.0987. The topological polar surface area (TPSA) is 97.4 Å². The van der Waals surface area contributed by atoms with E-state index < -0.39 is 0 Å². The molecule has 0 unspecified atom stereocenters. The highest BCUT2D eigenvalue weighted by Crippen LogP contribution is 2.26. The van der Waals surface area contributed by atoms with E-state index in [0.29, 0.717) is 6.54 Å². The number of benzene rings is 2. The molecule has 0 aliphatic carbocycles. The van der Waals surface area contributed by atoms with Crippen molar-refractivity contribution in [2.75, 3.05) is 18.5 Å². The number of aryl methyl sites for hydroxylation is 2. The minimum atomic E-state index is -0.220. The summed E-state index contributed by atoms with van der Waals surface area (Å²) in [6.07, 6.45) is 5.80. The zero-order valence-electron chi connectivity index (χ0n) is 20.5. The number of rotatable bonds is 4. The number of hydrogen-bond donors (Lipinski definition) is 2. The number of amides is 2. The normalized spacial score (nSPS) is 12.3. The summed E-state index contributed by atoms with van der Waals surface area (Å²) in [5.74, 6) is 0.731. The molecule has 1 aromatic heterocycles. The monoisotopic (exact) mass is 477 g/mol. The van der Waals surface area contributed by atoms with Crippen LogP contribution in [-0.4, -0.2) is 37.8 Å². The lowest BCUT2D eigenvalue weighted by Gasteiger charge is -2.22. The highest BCUT2D eigenvalue weighted by molar-refractivity contribution is 5.89. The van der Waals surface area contributed by atoms with E-state index in [0.717, 1.165) is 35.9 Å². The third kappa shape index (κ3) is 11.7. The Morgan fingerprint density at radius 3 is 2.03 bits per heavy atom. The maximum Gasteiger partial charge on any atom is 0.319 e. The molecule has 2 N–H and O–H groups in total. The lowest BCUT2D eigenvalue weighted by atomic mass is 9.91. The molecule has 7 nitrogen and oxygen atoms in total. The first-order chi connectivity index (χ1) is 17.1. The predicted molar refractivity (Wildman–Crippen MR) is 139 cm³/mol. The van der Waals surface area contributed by atoms with Crippen LogP contribution in [0.1, 0.15) is 41.0 Å². The summed E-state index contributed by atoms with van der Waals surface area (Å²) in [5, 5.41) is 5.54. The van der Waals surface area contributed by atoms with Gasteiger partial charge in [0, 0.05) is 37.8 Å². The predicted octanol–water partition coefficient (Wildman–Crippen LogP) is 5.23. The fourth-order valence-corrected chi connectivity index (χ4v) is 3.37. The van der Waals surface area contributed by atoms with Crippen molar-refractivity contribution < 1.29 is 19.1 Å². The van der Waals surface area contributed by atoms with Gasteiger partial charge in [-0.3, -0.25) is 4.98 Å². The first-order valence-electron chi connectivity index (χ1n) is 11.3. The van der Waals surface area contributed by atoms with Crippen LogP contribution in [0.2, 0.25) is 0 Å². The average molecular weight is 478 g/mol. The van der Waals surface area contributed by atoms with Gasteiger partial charge in [0.05, 0.1) is 0 Å². The van der Waals surface area contributed by atoms with E-state index in [4.69, 9.17) is 14.3 Å². The van der Waals surface area contributed by atoms with Crippen molar-refractivity contribution in [3.05, 3.63) is 95.3 Å². The Balaban J connectivity index is 0.000000318. The number of anilines is 1. The fraction of sp³-hybridized carbons (Fsp3) is 0.286. The molecular formula is C28H35N3O4. The van der Waals surface area contributed by atoms with Gasteiger partial charge < -0.3 is 25.0 Å². The molecule has 2 heterocycles. The molecule has 3 aromatic rings. The van der Waals surface area contributed by atoms with Crippen LogP contribution in [-0.2, 0) is 20.9 Å². The summed E-state index contributed by atoms with van der Waals surface area (Å²) in [6.45, 7) is 10.5. The van der Waals surface area contributed by atoms with Crippen LogP contribution >= 0.6 is 0 Å². The summed E-state index contributed by atoms with van der Waals surface area (Å²) < 4.78 is 5.34. The third-order valence-electron chi connectivity index (χ3n) is 5.26. The average Bonchev–Trinajstić information content (AvgIpc) is 2.93. The molecule has 35 heavy (non-hydrogen) atoms. The molecule has 2 amide bonds. The van der Waals surface area contributed by atoms with Crippen LogP contribution in [0.5, 0.6) is 0 Å². The quantitative estimate of drug-likeness (QED) is 0.536. The molecule has 7 heteroatoms. The van der Waals surface area contributed by atoms with Crippen molar-refractivity contribution in [2.24, 2.45) is 0 Å². The van der Waals surface area contributed by atoms with Crippen LogP contribution in [0.15, 0.2) is 73.1 Å². The zero-order valence-corrected chi connectivity index (χ0v) is 20.5. The first kappa shape index (κ1) is 29.2. The maximum absolute atomic E-state index is 11.6. The van der Waals surface area contributed by atoms with Gasteiger partial charge in [0.15, 0.2) is 0 Å². The molecule has 0 bridgehead atoms. The van der Waals surface area contributed by atoms with Gasteiger partial charge in [0.2, 0.25) is 0 Å². The molecular weight excluding hydrogens is 442 g/mol. The van der Waals surface area contributed by atoms with Crippen molar-refractivity contribution in [1.82, 2.24) is 10.3 Å². The number of hydrogen-bond acceptors (Lipinski definition) is 5. The Morgan fingerprint density at radius 1 is 0.914 bits per heavy atom. The largest absolute Gasteiger partial charge is 0.381 e. The minimum absolute atomic E-state index is 0.220. The number of carbonyl (C=O) groups is 3. The van der Waals surface area contributed by atoms with E-state index in [1.54, 1.807) is 12.4 Å². The van der Waals surface area contributed by atoms with E-state index in [1.165, 1.54) is 24.0 Å². The molecule has 0 saturated carbocycles. The van der Waals surface area contributed by atoms with Crippen LogP contribution in [0.4, 0.5) is 10.5 Å². The van der Waals surface area contributed by atoms with Crippen molar-refractivity contribution in [2.45, 2.75) is 39.2 Å². The van der Waals surface area contributed by atoms with Crippen LogP contribution in [0.25, 0.3) is 0 Å². The van der Waals surface area contributed by atoms with Gasteiger partial charge in [-0.1, -0.05) is 53.6 Å². The first-order valence-corrected chi connectivity index (χ1v) is 11.3. The Labute approximate surface area is 207 Å². The second kappa shape index (κ2) is 17.6. The second-order valence-electron chi connectivity index (χ2n) is 7.83. The van der Waals surface area contributed by atoms with Gasteiger partial charge in [0.25, 0.3) is 0 Å². The van der Waals surface area contributed by atoms with E-state index in [9.17, 15) is 4.79 Å². The number of ether oxygens (including phenoxy) is 1. The van der Waals surface area contributed by atoms with Gasteiger partial charge >= 0.3 is 6.03 Å². The lowest BCUT2D eigenvalue weighted by Crippen LogP contribution is -2.28. The van der Waals surface area contributed by atoms with E-state index in [2.05, 4.69) is 46.8 Å². The maximum atomic E-state index is 11.6. The highest BCUT2D eigenvalue weighted by Gasteiger charge is 2.15. The fourth-order valence-electron chi connectivity index (χ4n) is 3.37. The van der Waals surface area contributed by atoms with E-state index in [1.807, 2.05) is 56.9 Å². The van der Waals surface area contributed by atoms with Crippen LogP contribution < -0.4 is 10.6 Å². The summed E-state index contributed by atoms with van der Waals surface area (Å²) in [4.78, 5) is 31.6. The summed E-state index contributed by atoms with van der Waals surface area (Å²) in [6, 6.07) is 20.1. The summed E-state index contributed by atoms with van der Waals surface area (Å²) >= 11 is 0. The summed E-state index contributed by atoms with van der Waals surface area (Å²) in [7, 11) is 0.